The third kappa shape index (κ3) is 3.67. The number of ether oxygens (including phenoxy) is 1. The molecular formula is C17H31N3O. The van der Waals surface area contributed by atoms with Crippen molar-refractivity contribution < 1.29 is 4.74 Å². The van der Waals surface area contributed by atoms with E-state index in [1.54, 1.807) is 0 Å². The van der Waals surface area contributed by atoms with Crippen molar-refractivity contribution in [3.05, 3.63) is 17.0 Å². The van der Waals surface area contributed by atoms with Gasteiger partial charge in [0.15, 0.2) is 0 Å². The molecule has 0 radical (unpaired) electrons. The molecule has 2 atom stereocenters. The normalized spacial score (nSPS) is 20.1. The number of aromatic nitrogens is 2. The molecule has 0 aliphatic carbocycles. The predicted molar refractivity (Wildman–Crippen MR) is 86.7 cm³/mol. The Morgan fingerprint density at radius 3 is 2.62 bits per heavy atom. The zero-order valence-corrected chi connectivity index (χ0v) is 14.1. The standard InChI is InChI=1S/C17H31N3O/c1-5-14(18-8-4)17-15(6-2)19-20(16(17)7-3)12-13-10-9-11-21-13/h13-14,18H,5-12H2,1-4H3. The molecule has 1 aromatic heterocycles. The van der Waals surface area contributed by atoms with Gasteiger partial charge in [-0.3, -0.25) is 4.68 Å². The fourth-order valence-corrected chi connectivity index (χ4v) is 3.43. The van der Waals surface area contributed by atoms with E-state index in [1.807, 2.05) is 0 Å². The fourth-order valence-electron chi connectivity index (χ4n) is 3.43. The topological polar surface area (TPSA) is 39.1 Å². The Morgan fingerprint density at radius 2 is 2.10 bits per heavy atom. The zero-order valence-electron chi connectivity index (χ0n) is 14.1. The van der Waals surface area contributed by atoms with Gasteiger partial charge < -0.3 is 10.1 Å². The molecule has 21 heavy (non-hydrogen) atoms. The Kier molecular flexibility index (Phi) is 6.24. The minimum absolute atomic E-state index is 0.354. The molecule has 1 aliphatic heterocycles. The van der Waals surface area contributed by atoms with E-state index in [1.165, 1.54) is 29.8 Å². The molecular weight excluding hydrogens is 262 g/mol. The smallest absolute Gasteiger partial charge is 0.0771 e. The van der Waals surface area contributed by atoms with Gasteiger partial charge in [-0.15, -0.1) is 0 Å². The van der Waals surface area contributed by atoms with Gasteiger partial charge in [0.1, 0.15) is 0 Å². The highest BCUT2D eigenvalue weighted by atomic mass is 16.5. The van der Waals surface area contributed by atoms with Crippen molar-refractivity contribution in [1.29, 1.82) is 0 Å². The highest BCUT2D eigenvalue weighted by Gasteiger charge is 2.24. The summed E-state index contributed by atoms with van der Waals surface area (Å²) in [4.78, 5) is 0. The lowest BCUT2D eigenvalue weighted by Crippen LogP contribution is -2.23. The molecule has 120 valence electrons. The quantitative estimate of drug-likeness (QED) is 0.799. The van der Waals surface area contributed by atoms with Gasteiger partial charge in [0.25, 0.3) is 0 Å². The Hall–Kier alpha value is -0.870. The van der Waals surface area contributed by atoms with Crippen molar-refractivity contribution in [2.24, 2.45) is 0 Å². The van der Waals surface area contributed by atoms with Crippen LogP contribution in [0.3, 0.4) is 0 Å². The Balaban J connectivity index is 2.30. The van der Waals surface area contributed by atoms with Crippen molar-refractivity contribution >= 4 is 0 Å². The maximum absolute atomic E-state index is 5.80. The summed E-state index contributed by atoms with van der Waals surface area (Å²) < 4.78 is 8.02. The van der Waals surface area contributed by atoms with Crippen LogP contribution >= 0.6 is 0 Å². The van der Waals surface area contributed by atoms with Crippen molar-refractivity contribution in [2.45, 2.75) is 78.5 Å². The Bertz CT molecular complexity index is 435. The van der Waals surface area contributed by atoms with Crippen molar-refractivity contribution in [2.75, 3.05) is 13.2 Å². The van der Waals surface area contributed by atoms with Crippen molar-refractivity contribution in [3.63, 3.8) is 0 Å². The fraction of sp³-hybridized carbons (Fsp3) is 0.824. The summed E-state index contributed by atoms with van der Waals surface area (Å²) in [6.07, 6.45) is 5.87. The first-order chi connectivity index (χ1) is 10.2. The molecule has 2 heterocycles. The second-order valence-electron chi connectivity index (χ2n) is 5.85. The summed E-state index contributed by atoms with van der Waals surface area (Å²) in [7, 11) is 0. The summed E-state index contributed by atoms with van der Waals surface area (Å²) in [5.74, 6) is 0. The third-order valence-electron chi connectivity index (χ3n) is 4.45. The molecule has 2 rings (SSSR count). The van der Waals surface area contributed by atoms with Crippen LogP contribution in [0.4, 0.5) is 0 Å². The van der Waals surface area contributed by atoms with Crippen LogP contribution in [0.1, 0.15) is 70.0 Å². The van der Waals surface area contributed by atoms with Gasteiger partial charge in [-0.2, -0.15) is 5.10 Å². The lowest BCUT2D eigenvalue weighted by Gasteiger charge is -2.19. The predicted octanol–water partition coefficient (Wildman–Crippen LogP) is 3.25. The van der Waals surface area contributed by atoms with Crippen molar-refractivity contribution in [3.8, 4) is 0 Å². The SMILES string of the molecule is CCNC(CC)c1c(CC)nn(CC2CCCO2)c1CC. The van der Waals surface area contributed by atoms with Gasteiger partial charge in [-0.05, 0) is 38.6 Å². The molecule has 1 fully saturated rings. The lowest BCUT2D eigenvalue weighted by atomic mass is 9.99. The number of hydrogen-bond donors (Lipinski definition) is 1. The van der Waals surface area contributed by atoms with E-state index in [9.17, 15) is 0 Å². The average molecular weight is 293 g/mol. The number of aryl methyl sites for hydroxylation is 1. The van der Waals surface area contributed by atoms with E-state index < -0.39 is 0 Å². The monoisotopic (exact) mass is 293 g/mol. The highest BCUT2D eigenvalue weighted by molar-refractivity contribution is 5.30. The molecule has 2 unspecified atom stereocenters. The average Bonchev–Trinajstić information content (AvgIpc) is 3.12. The van der Waals surface area contributed by atoms with Crippen LogP contribution in [0.5, 0.6) is 0 Å². The molecule has 0 amide bonds. The molecule has 1 aliphatic rings. The van der Waals surface area contributed by atoms with E-state index in [-0.39, 0.29) is 0 Å². The first-order valence-electron chi connectivity index (χ1n) is 8.68. The van der Waals surface area contributed by atoms with Gasteiger partial charge in [0.2, 0.25) is 0 Å². The lowest BCUT2D eigenvalue weighted by molar-refractivity contribution is 0.0931. The van der Waals surface area contributed by atoms with Gasteiger partial charge in [-0.1, -0.05) is 27.7 Å². The second-order valence-corrected chi connectivity index (χ2v) is 5.85. The first kappa shape index (κ1) is 16.5. The first-order valence-corrected chi connectivity index (χ1v) is 8.68. The highest BCUT2D eigenvalue weighted by Crippen LogP contribution is 2.27. The maximum atomic E-state index is 5.80. The number of nitrogens with zero attached hydrogens (tertiary/aromatic N) is 2. The number of rotatable bonds is 8. The minimum Gasteiger partial charge on any atom is -0.376 e. The molecule has 4 heteroatoms. The van der Waals surface area contributed by atoms with E-state index in [4.69, 9.17) is 9.84 Å². The third-order valence-corrected chi connectivity index (χ3v) is 4.45. The molecule has 0 saturated carbocycles. The summed E-state index contributed by atoms with van der Waals surface area (Å²) >= 11 is 0. The zero-order chi connectivity index (χ0) is 15.2. The number of nitrogens with one attached hydrogen (secondary N) is 1. The van der Waals surface area contributed by atoms with Crippen LogP contribution in [0, 0.1) is 0 Å². The van der Waals surface area contributed by atoms with E-state index in [2.05, 4.69) is 37.7 Å². The minimum atomic E-state index is 0.354. The Labute approximate surface area is 129 Å². The second kappa shape index (κ2) is 7.95. The van der Waals surface area contributed by atoms with Crippen molar-refractivity contribution in [1.82, 2.24) is 15.1 Å². The summed E-state index contributed by atoms with van der Waals surface area (Å²) in [6.45, 7) is 11.7. The molecule has 4 nitrogen and oxygen atoms in total. The molecule has 1 saturated heterocycles. The van der Waals surface area contributed by atoms with E-state index in [0.717, 1.165) is 39.0 Å². The number of hydrogen-bond acceptors (Lipinski definition) is 3. The van der Waals surface area contributed by atoms with E-state index >= 15 is 0 Å². The van der Waals surface area contributed by atoms with Gasteiger partial charge >= 0.3 is 0 Å². The molecule has 1 aromatic rings. The van der Waals surface area contributed by atoms with Crippen LogP contribution < -0.4 is 5.32 Å². The van der Waals surface area contributed by atoms with E-state index in [0.29, 0.717) is 12.1 Å². The summed E-state index contributed by atoms with van der Waals surface area (Å²) in [6, 6.07) is 0.429. The van der Waals surface area contributed by atoms with Crippen LogP contribution in [-0.4, -0.2) is 29.0 Å². The van der Waals surface area contributed by atoms with Crippen LogP contribution in [0.2, 0.25) is 0 Å². The van der Waals surface area contributed by atoms with Crippen LogP contribution in [-0.2, 0) is 24.1 Å². The summed E-state index contributed by atoms with van der Waals surface area (Å²) in [5, 5.41) is 8.53. The molecule has 0 spiro atoms. The van der Waals surface area contributed by atoms with Gasteiger partial charge in [-0.25, -0.2) is 0 Å². The van der Waals surface area contributed by atoms with Gasteiger partial charge in [0, 0.05) is 23.9 Å². The van der Waals surface area contributed by atoms with Crippen LogP contribution in [0.25, 0.3) is 0 Å². The molecule has 1 N–H and O–H groups in total. The van der Waals surface area contributed by atoms with Gasteiger partial charge in [0.05, 0.1) is 18.3 Å². The maximum Gasteiger partial charge on any atom is 0.0771 e. The Morgan fingerprint density at radius 1 is 1.29 bits per heavy atom. The summed E-state index contributed by atoms with van der Waals surface area (Å²) in [5.41, 5.74) is 4.11. The molecule has 0 bridgehead atoms. The van der Waals surface area contributed by atoms with Crippen LogP contribution in [0.15, 0.2) is 0 Å². The largest absolute Gasteiger partial charge is 0.376 e. The molecule has 0 aromatic carbocycles.